The van der Waals surface area contributed by atoms with Crippen LogP contribution in [0, 0.1) is 3.57 Å². The molecule has 0 aliphatic heterocycles. The monoisotopic (exact) mass is 376 g/mol. The van der Waals surface area contributed by atoms with Gasteiger partial charge in [-0.05, 0) is 52.4 Å². The molecule has 0 fully saturated rings. The van der Waals surface area contributed by atoms with Gasteiger partial charge in [-0.3, -0.25) is 4.79 Å². The van der Waals surface area contributed by atoms with Crippen LogP contribution < -0.4 is 0 Å². The topological polar surface area (TPSA) is 34.4 Å². The van der Waals surface area contributed by atoms with E-state index in [-0.39, 0.29) is 5.78 Å². The van der Waals surface area contributed by atoms with Crippen LogP contribution in [-0.2, 0) is 17.6 Å². The predicted octanol–water partition coefficient (Wildman–Crippen LogP) is 3.29. The van der Waals surface area contributed by atoms with Crippen molar-refractivity contribution in [3.8, 4) is 0 Å². The Morgan fingerprint density at radius 1 is 1.10 bits per heavy atom. The molecule has 0 atom stereocenters. The van der Waals surface area contributed by atoms with E-state index in [9.17, 15) is 4.79 Å². The minimum Gasteiger partial charge on any atom is -0.304 e. The third kappa shape index (κ3) is 2.90. The molecule has 0 saturated heterocycles. The molecule has 3 aromatic rings. The molecule has 0 N–H and O–H groups in total. The standard InChI is InChI=1S/C16H13IN2O/c17-13-6-4-12(5-7-13)10-15(20)11-14-2-1-3-16-18-8-9-19(14)16/h1-9H,10-11H2. The van der Waals surface area contributed by atoms with Gasteiger partial charge in [0.15, 0.2) is 0 Å². The molecule has 3 rings (SSSR count). The second-order valence-electron chi connectivity index (χ2n) is 4.69. The molecule has 4 heteroatoms. The number of aromatic nitrogens is 2. The summed E-state index contributed by atoms with van der Waals surface area (Å²) in [6, 6.07) is 13.9. The Kier molecular flexibility index (Phi) is 3.82. The van der Waals surface area contributed by atoms with Crippen LogP contribution >= 0.6 is 22.6 Å². The highest BCUT2D eigenvalue weighted by Crippen LogP contribution is 2.11. The lowest BCUT2D eigenvalue weighted by atomic mass is 10.1. The first-order valence-corrected chi connectivity index (χ1v) is 7.47. The van der Waals surface area contributed by atoms with Crippen molar-refractivity contribution in [3.05, 3.63) is 69.7 Å². The first-order chi connectivity index (χ1) is 9.72. The molecule has 0 unspecified atom stereocenters. The lowest BCUT2D eigenvalue weighted by Crippen LogP contribution is -2.09. The number of benzene rings is 1. The summed E-state index contributed by atoms with van der Waals surface area (Å²) < 4.78 is 3.15. The van der Waals surface area contributed by atoms with E-state index in [1.54, 1.807) is 6.20 Å². The summed E-state index contributed by atoms with van der Waals surface area (Å²) >= 11 is 2.26. The van der Waals surface area contributed by atoms with Crippen LogP contribution in [0.2, 0.25) is 0 Å². The zero-order valence-corrected chi connectivity index (χ0v) is 12.9. The van der Waals surface area contributed by atoms with Crippen molar-refractivity contribution in [2.24, 2.45) is 0 Å². The molecule has 0 radical (unpaired) electrons. The molecule has 0 amide bonds. The molecule has 0 bridgehead atoms. The van der Waals surface area contributed by atoms with Crippen LogP contribution in [-0.4, -0.2) is 15.2 Å². The number of nitrogens with zero attached hydrogens (tertiary/aromatic N) is 2. The highest BCUT2D eigenvalue weighted by atomic mass is 127. The molecule has 100 valence electrons. The number of hydrogen-bond donors (Lipinski definition) is 0. The summed E-state index contributed by atoms with van der Waals surface area (Å²) in [7, 11) is 0. The molecule has 0 aliphatic carbocycles. The number of fused-ring (bicyclic) bond motifs is 1. The fourth-order valence-electron chi connectivity index (χ4n) is 2.25. The Morgan fingerprint density at radius 3 is 2.70 bits per heavy atom. The summed E-state index contributed by atoms with van der Waals surface area (Å²) in [5, 5.41) is 0. The molecule has 0 saturated carbocycles. The third-order valence-electron chi connectivity index (χ3n) is 3.21. The first-order valence-electron chi connectivity index (χ1n) is 6.39. The number of pyridine rings is 1. The van der Waals surface area contributed by atoms with Gasteiger partial charge in [0.25, 0.3) is 0 Å². The van der Waals surface area contributed by atoms with Gasteiger partial charge in [0.2, 0.25) is 0 Å². The van der Waals surface area contributed by atoms with Crippen LogP contribution in [0.15, 0.2) is 54.9 Å². The van der Waals surface area contributed by atoms with Crippen LogP contribution in [0.5, 0.6) is 0 Å². The maximum Gasteiger partial charge on any atom is 0.143 e. The van der Waals surface area contributed by atoms with Gasteiger partial charge >= 0.3 is 0 Å². The van der Waals surface area contributed by atoms with Gasteiger partial charge in [-0.25, -0.2) is 4.98 Å². The fourth-order valence-corrected chi connectivity index (χ4v) is 2.60. The largest absolute Gasteiger partial charge is 0.304 e. The van der Waals surface area contributed by atoms with Crippen molar-refractivity contribution >= 4 is 34.0 Å². The molecule has 3 nitrogen and oxygen atoms in total. The molecular formula is C16H13IN2O. The van der Waals surface area contributed by atoms with E-state index < -0.39 is 0 Å². The quantitative estimate of drug-likeness (QED) is 0.655. The normalized spacial score (nSPS) is 10.8. The van der Waals surface area contributed by atoms with Crippen molar-refractivity contribution in [1.29, 1.82) is 0 Å². The van der Waals surface area contributed by atoms with E-state index in [0.717, 1.165) is 16.9 Å². The average molecular weight is 376 g/mol. The summed E-state index contributed by atoms with van der Waals surface area (Å²) in [4.78, 5) is 16.4. The molecule has 0 aliphatic rings. The van der Waals surface area contributed by atoms with Gasteiger partial charge in [-0.1, -0.05) is 18.2 Å². The highest BCUT2D eigenvalue weighted by Gasteiger charge is 2.08. The van der Waals surface area contributed by atoms with Crippen molar-refractivity contribution < 1.29 is 4.79 Å². The Labute approximate surface area is 130 Å². The second kappa shape index (κ2) is 5.75. The smallest absolute Gasteiger partial charge is 0.143 e. The number of imidazole rings is 1. The zero-order chi connectivity index (χ0) is 13.9. The van der Waals surface area contributed by atoms with Gasteiger partial charge in [0.05, 0.1) is 0 Å². The third-order valence-corrected chi connectivity index (χ3v) is 3.92. The number of Topliss-reactive ketones (excluding diaryl/α,β-unsaturated/α-hetero) is 1. The Morgan fingerprint density at radius 2 is 1.90 bits per heavy atom. The predicted molar refractivity (Wildman–Crippen MR) is 86.8 cm³/mol. The summed E-state index contributed by atoms with van der Waals surface area (Å²) in [6.07, 6.45) is 4.55. The molecule has 0 spiro atoms. The number of hydrogen-bond acceptors (Lipinski definition) is 2. The minimum atomic E-state index is 0.215. The molecule has 2 aromatic heterocycles. The lowest BCUT2D eigenvalue weighted by molar-refractivity contribution is -0.117. The van der Waals surface area contributed by atoms with Gasteiger partial charge in [-0.15, -0.1) is 0 Å². The van der Waals surface area contributed by atoms with E-state index in [1.165, 1.54) is 3.57 Å². The van der Waals surface area contributed by atoms with Crippen LogP contribution in [0.3, 0.4) is 0 Å². The minimum absolute atomic E-state index is 0.215. The van der Waals surface area contributed by atoms with Crippen molar-refractivity contribution in [2.45, 2.75) is 12.8 Å². The number of halogens is 1. The lowest BCUT2D eigenvalue weighted by Gasteiger charge is -2.05. The van der Waals surface area contributed by atoms with Crippen LogP contribution in [0.4, 0.5) is 0 Å². The van der Waals surface area contributed by atoms with Gasteiger partial charge in [0.1, 0.15) is 11.4 Å². The van der Waals surface area contributed by atoms with E-state index in [1.807, 2.05) is 53.1 Å². The van der Waals surface area contributed by atoms with Crippen LogP contribution in [0.25, 0.3) is 5.65 Å². The van der Waals surface area contributed by atoms with E-state index in [2.05, 4.69) is 27.6 Å². The highest BCUT2D eigenvalue weighted by molar-refractivity contribution is 14.1. The van der Waals surface area contributed by atoms with E-state index in [0.29, 0.717) is 12.8 Å². The molecule has 2 heterocycles. The number of rotatable bonds is 4. The van der Waals surface area contributed by atoms with E-state index in [4.69, 9.17) is 0 Å². The summed E-state index contributed by atoms with van der Waals surface area (Å²) in [5.74, 6) is 0.215. The number of ketones is 1. The molecule has 20 heavy (non-hydrogen) atoms. The SMILES string of the molecule is O=C(Cc1ccc(I)cc1)Cc1cccc2nccn12. The van der Waals surface area contributed by atoms with Gasteiger partial charge in [-0.2, -0.15) is 0 Å². The Bertz CT molecular complexity index is 747. The zero-order valence-electron chi connectivity index (χ0n) is 10.8. The van der Waals surface area contributed by atoms with E-state index >= 15 is 0 Å². The summed E-state index contributed by atoms with van der Waals surface area (Å²) in [5.41, 5.74) is 2.92. The van der Waals surface area contributed by atoms with Crippen molar-refractivity contribution in [2.75, 3.05) is 0 Å². The number of carbonyl (C=O) groups is 1. The fraction of sp³-hybridized carbons (Fsp3) is 0.125. The first kappa shape index (κ1) is 13.3. The van der Waals surface area contributed by atoms with Crippen molar-refractivity contribution in [3.63, 3.8) is 0 Å². The summed E-state index contributed by atoms with van der Waals surface area (Å²) in [6.45, 7) is 0. The second-order valence-corrected chi connectivity index (χ2v) is 5.94. The number of carbonyl (C=O) groups excluding carboxylic acids is 1. The molecular weight excluding hydrogens is 363 g/mol. The average Bonchev–Trinajstić information content (AvgIpc) is 2.91. The maximum absolute atomic E-state index is 12.2. The van der Waals surface area contributed by atoms with Gasteiger partial charge < -0.3 is 4.40 Å². The Balaban J connectivity index is 1.76. The van der Waals surface area contributed by atoms with Crippen LogP contribution in [0.1, 0.15) is 11.3 Å². The maximum atomic E-state index is 12.2. The van der Waals surface area contributed by atoms with Gasteiger partial charge in [0, 0.05) is 34.5 Å². The van der Waals surface area contributed by atoms with Crippen molar-refractivity contribution in [1.82, 2.24) is 9.38 Å². The molecule has 1 aromatic carbocycles. The Hall–Kier alpha value is -1.69.